The number of carboxylic acid groups (broad SMARTS) is 1. The number of aliphatic carboxylic acids is 1. The minimum absolute atomic E-state index is 0.185. The molecule has 0 aliphatic rings. The van der Waals surface area contributed by atoms with E-state index in [2.05, 4.69) is 15.5 Å². The largest absolute Gasteiger partial charge is 0.480 e. The minimum Gasteiger partial charge on any atom is -0.480 e. The number of hydrogen-bond donors (Lipinski definition) is 3. The average Bonchev–Trinajstić information content (AvgIpc) is 2.73. The van der Waals surface area contributed by atoms with Crippen LogP contribution < -0.4 is 5.32 Å². The van der Waals surface area contributed by atoms with Crippen molar-refractivity contribution in [3.05, 3.63) is 17.5 Å². The van der Waals surface area contributed by atoms with Gasteiger partial charge in [0.15, 0.2) is 0 Å². The molecule has 3 N–H and O–H groups in total. The summed E-state index contributed by atoms with van der Waals surface area (Å²) in [6.45, 7) is 7.43. The number of aromatic amines is 1. The quantitative estimate of drug-likeness (QED) is 0.738. The maximum absolute atomic E-state index is 11.8. The monoisotopic (exact) mass is 253 g/mol. The lowest BCUT2D eigenvalue weighted by Crippen LogP contribution is -2.44. The number of carbonyl (C=O) groups excluding carboxylic acids is 1. The van der Waals surface area contributed by atoms with Crippen molar-refractivity contribution in [3.63, 3.8) is 0 Å². The molecule has 1 amide bonds. The standard InChI is InChI=1S/C12H19N3O3/c1-6(2)8-5-9(15-14-8)11(16)13-10(7(3)4)12(17)18/h5-7,10H,1-4H3,(H,13,16)(H,14,15)(H,17,18). The van der Waals surface area contributed by atoms with Gasteiger partial charge in [0, 0.05) is 5.69 Å². The van der Waals surface area contributed by atoms with Crippen molar-refractivity contribution in [2.24, 2.45) is 5.92 Å². The van der Waals surface area contributed by atoms with E-state index in [1.807, 2.05) is 13.8 Å². The summed E-state index contributed by atoms with van der Waals surface area (Å²) in [5.41, 5.74) is 1.06. The molecule has 0 fully saturated rings. The van der Waals surface area contributed by atoms with Crippen LogP contribution >= 0.6 is 0 Å². The van der Waals surface area contributed by atoms with E-state index in [9.17, 15) is 9.59 Å². The molecule has 100 valence electrons. The number of aromatic nitrogens is 2. The van der Waals surface area contributed by atoms with Gasteiger partial charge < -0.3 is 10.4 Å². The molecule has 18 heavy (non-hydrogen) atoms. The molecule has 0 aliphatic carbocycles. The Morgan fingerprint density at radius 3 is 2.33 bits per heavy atom. The molecule has 0 bridgehead atoms. The summed E-state index contributed by atoms with van der Waals surface area (Å²) >= 11 is 0. The van der Waals surface area contributed by atoms with E-state index in [-0.39, 0.29) is 17.5 Å². The van der Waals surface area contributed by atoms with Crippen molar-refractivity contribution >= 4 is 11.9 Å². The number of carboxylic acids is 1. The predicted octanol–water partition coefficient (Wildman–Crippen LogP) is 1.37. The van der Waals surface area contributed by atoms with Gasteiger partial charge in [0.05, 0.1) is 0 Å². The molecule has 0 radical (unpaired) electrons. The number of hydrogen-bond acceptors (Lipinski definition) is 3. The van der Waals surface area contributed by atoms with E-state index >= 15 is 0 Å². The number of H-pyrrole nitrogens is 1. The first-order valence-corrected chi connectivity index (χ1v) is 5.92. The van der Waals surface area contributed by atoms with Crippen molar-refractivity contribution in [3.8, 4) is 0 Å². The van der Waals surface area contributed by atoms with E-state index in [0.717, 1.165) is 5.69 Å². The first kappa shape index (κ1) is 14.2. The Kier molecular flexibility index (Phi) is 4.47. The molecule has 6 nitrogen and oxygen atoms in total. The summed E-state index contributed by atoms with van der Waals surface area (Å²) in [6, 6.07) is 0.732. The Balaban J connectivity index is 2.77. The van der Waals surface area contributed by atoms with E-state index in [0.29, 0.717) is 0 Å². The fourth-order valence-electron chi connectivity index (χ4n) is 1.48. The molecular formula is C12H19N3O3. The summed E-state index contributed by atoms with van der Waals surface area (Å²) in [7, 11) is 0. The second-order valence-electron chi connectivity index (χ2n) is 4.90. The van der Waals surface area contributed by atoms with E-state index < -0.39 is 17.9 Å². The smallest absolute Gasteiger partial charge is 0.326 e. The van der Waals surface area contributed by atoms with Gasteiger partial charge in [0.2, 0.25) is 0 Å². The van der Waals surface area contributed by atoms with Crippen LogP contribution in [-0.2, 0) is 4.79 Å². The van der Waals surface area contributed by atoms with Crippen LogP contribution in [0, 0.1) is 5.92 Å². The molecule has 0 saturated heterocycles. The second-order valence-corrected chi connectivity index (χ2v) is 4.90. The fourth-order valence-corrected chi connectivity index (χ4v) is 1.48. The highest BCUT2D eigenvalue weighted by atomic mass is 16.4. The van der Waals surface area contributed by atoms with Gasteiger partial charge in [-0.3, -0.25) is 9.89 Å². The van der Waals surface area contributed by atoms with Gasteiger partial charge in [-0.2, -0.15) is 5.10 Å². The Labute approximate surface area is 106 Å². The summed E-state index contributed by atoms with van der Waals surface area (Å²) in [6.07, 6.45) is 0. The highest BCUT2D eigenvalue weighted by Gasteiger charge is 2.25. The first-order valence-electron chi connectivity index (χ1n) is 5.92. The Morgan fingerprint density at radius 1 is 1.33 bits per heavy atom. The molecule has 1 unspecified atom stereocenters. The van der Waals surface area contributed by atoms with Crippen LogP contribution in [0.1, 0.15) is 49.8 Å². The third-order valence-corrected chi connectivity index (χ3v) is 2.67. The van der Waals surface area contributed by atoms with Gasteiger partial charge in [0.25, 0.3) is 5.91 Å². The van der Waals surface area contributed by atoms with Gasteiger partial charge in [-0.25, -0.2) is 4.79 Å². The maximum atomic E-state index is 11.8. The zero-order valence-electron chi connectivity index (χ0n) is 11.0. The zero-order valence-corrected chi connectivity index (χ0v) is 11.0. The third-order valence-electron chi connectivity index (χ3n) is 2.67. The van der Waals surface area contributed by atoms with Crippen molar-refractivity contribution in [2.45, 2.75) is 39.7 Å². The molecule has 0 spiro atoms. The second kappa shape index (κ2) is 5.66. The lowest BCUT2D eigenvalue weighted by Gasteiger charge is -2.16. The lowest BCUT2D eigenvalue weighted by molar-refractivity contribution is -0.140. The summed E-state index contributed by atoms with van der Waals surface area (Å²) < 4.78 is 0. The Morgan fingerprint density at radius 2 is 1.94 bits per heavy atom. The maximum Gasteiger partial charge on any atom is 0.326 e. The third kappa shape index (κ3) is 3.32. The highest BCUT2D eigenvalue weighted by molar-refractivity contribution is 5.95. The van der Waals surface area contributed by atoms with Crippen molar-refractivity contribution in [2.75, 3.05) is 0 Å². The molecule has 1 rings (SSSR count). The summed E-state index contributed by atoms with van der Waals surface area (Å²) in [5, 5.41) is 18.1. The normalized spacial score (nSPS) is 12.8. The van der Waals surface area contributed by atoms with Crippen LogP contribution in [0.25, 0.3) is 0 Å². The summed E-state index contributed by atoms with van der Waals surface area (Å²) in [4.78, 5) is 22.8. The number of nitrogens with one attached hydrogen (secondary N) is 2. The lowest BCUT2D eigenvalue weighted by atomic mass is 10.0. The topological polar surface area (TPSA) is 95.1 Å². The number of amides is 1. The summed E-state index contributed by atoms with van der Waals surface area (Å²) in [5.74, 6) is -1.47. The van der Waals surface area contributed by atoms with Gasteiger partial charge in [0.1, 0.15) is 11.7 Å². The van der Waals surface area contributed by atoms with Gasteiger partial charge in [-0.05, 0) is 17.9 Å². The van der Waals surface area contributed by atoms with Gasteiger partial charge >= 0.3 is 5.97 Å². The van der Waals surface area contributed by atoms with Crippen LogP contribution in [0.3, 0.4) is 0 Å². The molecule has 1 heterocycles. The van der Waals surface area contributed by atoms with Crippen LogP contribution in [0.4, 0.5) is 0 Å². The number of carbonyl (C=O) groups is 2. The first-order chi connectivity index (χ1) is 8.32. The molecular weight excluding hydrogens is 234 g/mol. The average molecular weight is 253 g/mol. The number of nitrogens with zero attached hydrogens (tertiary/aromatic N) is 1. The van der Waals surface area contributed by atoms with E-state index in [1.165, 1.54) is 0 Å². The van der Waals surface area contributed by atoms with Gasteiger partial charge in [-0.15, -0.1) is 0 Å². The predicted molar refractivity (Wildman–Crippen MR) is 66.4 cm³/mol. The van der Waals surface area contributed by atoms with E-state index in [4.69, 9.17) is 5.11 Å². The highest BCUT2D eigenvalue weighted by Crippen LogP contribution is 2.12. The van der Waals surface area contributed by atoms with Gasteiger partial charge in [-0.1, -0.05) is 27.7 Å². The SMILES string of the molecule is CC(C)c1cc(C(=O)NC(C(=O)O)C(C)C)n[nH]1. The Bertz CT molecular complexity index is 438. The Hall–Kier alpha value is -1.85. The van der Waals surface area contributed by atoms with Crippen molar-refractivity contribution < 1.29 is 14.7 Å². The molecule has 0 aromatic carbocycles. The van der Waals surface area contributed by atoms with Crippen LogP contribution in [0.2, 0.25) is 0 Å². The van der Waals surface area contributed by atoms with E-state index in [1.54, 1.807) is 19.9 Å². The molecule has 0 saturated carbocycles. The minimum atomic E-state index is -1.04. The molecule has 1 atom stereocenters. The van der Waals surface area contributed by atoms with Crippen molar-refractivity contribution in [1.82, 2.24) is 15.5 Å². The molecule has 1 aromatic rings. The zero-order chi connectivity index (χ0) is 13.9. The van der Waals surface area contributed by atoms with Crippen LogP contribution in [0.5, 0.6) is 0 Å². The number of rotatable bonds is 5. The van der Waals surface area contributed by atoms with Crippen molar-refractivity contribution in [1.29, 1.82) is 0 Å². The molecule has 1 aromatic heterocycles. The molecule has 6 heteroatoms. The van der Waals surface area contributed by atoms with Crippen LogP contribution in [0.15, 0.2) is 6.07 Å². The molecule has 0 aliphatic heterocycles. The van der Waals surface area contributed by atoms with Crippen LogP contribution in [-0.4, -0.2) is 33.2 Å². The fraction of sp³-hybridized carbons (Fsp3) is 0.583.